The Morgan fingerprint density at radius 3 is 2.80 bits per heavy atom. The molecule has 0 aromatic carbocycles. The molecule has 10 heavy (non-hydrogen) atoms. The molecule has 0 saturated carbocycles. The Kier molecular flexibility index (Phi) is 2.29. The average Bonchev–Trinajstić information content (AvgIpc) is 1.76. The van der Waals surface area contributed by atoms with E-state index in [2.05, 4.69) is 0 Å². The number of carboxylic acids is 1. The molecule has 0 spiro atoms. The minimum Gasteiger partial charge on any atom is -0.481 e. The molecule has 1 fully saturated rings. The first-order valence-corrected chi connectivity index (χ1v) is 3.18. The Morgan fingerprint density at radius 1 is 1.80 bits per heavy atom. The molecule has 0 aliphatic carbocycles. The van der Waals surface area contributed by atoms with Crippen molar-refractivity contribution in [1.29, 1.82) is 0 Å². The van der Waals surface area contributed by atoms with Gasteiger partial charge in [-0.15, -0.1) is 0 Å². The molecule has 1 rings (SSSR count). The van der Waals surface area contributed by atoms with Gasteiger partial charge in [0.2, 0.25) is 0 Å². The third-order valence-electron chi connectivity index (χ3n) is 1.62. The Hall–Kier alpha value is -0.545. The summed E-state index contributed by atoms with van der Waals surface area (Å²) >= 11 is 0. The quantitative estimate of drug-likeness (QED) is 0.510. The smallest absolute Gasteiger partial charge is 0.363 e. The minimum atomic E-state index is -0.702. The molecular weight excluding hydrogens is 133 g/mol. The van der Waals surface area contributed by atoms with Crippen molar-refractivity contribution in [2.45, 2.75) is 0 Å². The van der Waals surface area contributed by atoms with Crippen molar-refractivity contribution < 1.29 is 14.6 Å². The summed E-state index contributed by atoms with van der Waals surface area (Å²) in [5.74, 6) is -0.873. The van der Waals surface area contributed by atoms with Crippen molar-refractivity contribution in [3.05, 3.63) is 0 Å². The summed E-state index contributed by atoms with van der Waals surface area (Å²) < 4.78 is 4.81. The molecule has 0 aromatic heterocycles. The number of hydrogen-bond acceptors (Lipinski definition) is 3. The highest BCUT2D eigenvalue weighted by Crippen LogP contribution is 2.13. The van der Waals surface area contributed by atoms with E-state index in [-0.39, 0.29) is 5.92 Å². The van der Waals surface area contributed by atoms with Gasteiger partial charge in [0.15, 0.2) is 0 Å². The van der Waals surface area contributed by atoms with E-state index in [1.807, 2.05) is 4.81 Å². The third kappa shape index (κ3) is 1.49. The number of carboxylic acid groups (broad SMARTS) is 1. The van der Waals surface area contributed by atoms with E-state index in [1.165, 1.54) is 0 Å². The van der Waals surface area contributed by atoms with Gasteiger partial charge < -0.3 is 14.6 Å². The van der Waals surface area contributed by atoms with Gasteiger partial charge in [0.25, 0.3) is 0 Å². The summed E-state index contributed by atoms with van der Waals surface area (Å²) in [6.45, 7) is 1.26. The molecule has 1 aliphatic heterocycles. The van der Waals surface area contributed by atoms with Gasteiger partial charge in [-0.1, -0.05) is 0 Å². The fourth-order valence-corrected chi connectivity index (χ4v) is 1.01. The van der Waals surface area contributed by atoms with Crippen LogP contribution in [0.5, 0.6) is 0 Å². The SMILES string of the molecule is COBN1CC(C(=O)O)C1. The summed E-state index contributed by atoms with van der Waals surface area (Å²) in [6, 6.07) is 0. The van der Waals surface area contributed by atoms with Crippen LogP contribution in [-0.2, 0) is 9.45 Å². The van der Waals surface area contributed by atoms with Gasteiger partial charge in [-0.2, -0.15) is 0 Å². The monoisotopic (exact) mass is 143 g/mol. The molecule has 0 unspecified atom stereocenters. The van der Waals surface area contributed by atoms with Crippen molar-refractivity contribution in [2.24, 2.45) is 5.92 Å². The second-order valence-electron chi connectivity index (χ2n) is 2.49. The largest absolute Gasteiger partial charge is 0.481 e. The highest BCUT2D eigenvalue weighted by atomic mass is 16.4. The second-order valence-corrected chi connectivity index (χ2v) is 2.49. The lowest BCUT2D eigenvalue weighted by Crippen LogP contribution is -2.52. The molecule has 1 N–H and O–H groups in total. The van der Waals surface area contributed by atoms with Crippen molar-refractivity contribution in [3.8, 4) is 0 Å². The minimum absolute atomic E-state index is 0.171. The summed E-state index contributed by atoms with van der Waals surface area (Å²) in [6.07, 6.45) is 0. The first-order valence-electron chi connectivity index (χ1n) is 3.18. The highest BCUT2D eigenvalue weighted by Gasteiger charge is 2.32. The molecular formula is C5H10BNO3. The lowest BCUT2D eigenvalue weighted by atomic mass is 9.94. The molecule has 0 bridgehead atoms. The predicted octanol–water partition coefficient (Wildman–Crippen LogP) is -1.08. The molecule has 0 atom stereocenters. The van der Waals surface area contributed by atoms with Gasteiger partial charge in [-0.05, 0) is 0 Å². The number of aliphatic carboxylic acids is 1. The Labute approximate surface area is 60.1 Å². The highest BCUT2D eigenvalue weighted by molar-refractivity contribution is 6.23. The lowest BCUT2D eigenvalue weighted by Gasteiger charge is -2.35. The normalized spacial score (nSPS) is 20.1. The van der Waals surface area contributed by atoms with E-state index in [0.717, 1.165) is 0 Å². The van der Waals surface area contributed by atoms with Gasteiger partial charge in [0, 0.05) is 20.2 Å². The van der Waals surface area contributed by atoms with Crippen LogP contribution in [0.1, 0.15) is 0 Å². The molecule has 4 nitrogen and oxygen atoms in total. The van der Waals surface area contributed by atoms with Crippen LogP contribution in [0.2, 0.25) is 0 Å². The number of hydrogen-bond donors (Lipinski definition) is 1. The molecule has 0 amide bonds. The van der Waals surface area contributed by atoms with Crippen molar-refractivity contribution in [2.75, 3.05) is 20.2 Å². The third-order valence-corrected chi connectivity index (χ3v) is 1.62. The molecule has 5 heteroatoms. The first kappa shape index (κ1) is 7.56. The zero-order valence-corrected chi connectivity index (χ0v) is 5.91. The Bertz CT molecular complexity index is 135. The molecule has 1 saturated heterocycles. The Balaban J connectivity index is 2.12. The fourth-order valence-electron chi connectivity index (χ4n) is 1.01. The van der Waals surface area contributed by atoms with Crippen LogP contribution in [-0.4, -0.2) is 43.7 Å². The molecule has 0 aromatic rings. The van der Waals surface area contributed by atoms with Gasteiger partial charge in [0.05, 0.1) is 5.92 Å². The van der Waals surface area contributed by atoms with E-state index in [1.54, 1.807) is 7.11 Å². The maximum atomic E-state index is 10.3. The van der Waals surface area contributed by atoms with Gasteiger partial charge in [-0.25, -0.2) is 0 Å². The van der Waals surface area contributed by atoms with Crippen LogP contribution in [0.15, 0.2) is 0 Å². The van der Waals surface area contributed by atoms with E-state index < -0.39 is 5.97 Å². The number of nitrogens with zero attached hydrogens (tertiary/aromatic N) is 1. The number of carbonyl (C=O) groups is 1. The van der Waals surface area contributed by atoms with Crippen LogP contribution in [0.25, 0.3) is 0 Å². The first-order chi connectivity index (χ1) is 4.74. The molecule has 0 radical (unpaired) electrons. The summed E-state index contributed by atoms with van der Waals surface area (Å²) in [7, 11) is 2.15. The van der Waals surface area contributed by atoms with Crippen molar-refractivity contribution in [3.63, 3.8) is 0 Å². The zero-order chi connectivity index (χ0) is 7.56. The molecule has 1 aliphatic rings. The Morgan fingerprint density at radius 2 is 2.40 bits per heavy atom. The predicted molar refractivity (Wildman–Crippen MR) is 36.9 cm³/mol. The molecule has 1 heterocycles. The van der Waals surface area contributed by atoms with Crippen LogP contribution in [0.3, 0.4) is 0 Å². The topological polar surface area (TPSA) is 49.8 Å². The zero-order valence-electron chi connectivity index (χ0n) is 5.91. The maximum absolute atomic E-state index is 10.3. The maximum Gasteiger partial charge on any atom is 0.363 e. The van der Waals surface area contributed by atoms with E-state index >= 15 is 0 Å². The lowest BCUT2D eigenvalue weighted by molar-refractivity contribution is -0.145. The number of rotatable bonds is 3. The van der Waals surface area contributed by atoms with Gasteiger partial charge in [-0.3, -0.25) is 4.79 Å². The second kappa shape index (κ2) is 3.03. The fraction of sp³-hybridized carbons (Fsp3) is 0.800. The summed E-state index contributed by atoms with van der Waals surface area (Å²) in [5.41, 5.74) is 0. The summed E-state index contributed by atoms with van der Waals surface area (Å²) in [4.78, 5) is 12.2. The summed E-state index contributed by atoms with van der Waals surface area (Å²) in [5, 5.41) is 8.45. The average molecular weight is 143 g/mol. The van der Waals surface area contributed by atoms with E-state index in [9.17, 15) is 4.79 Å². The van der Waals surface area contributed by atoms with Crippen LogP contribution in [0.4, 0.5) is 0 Å². The van der Waals surface area contributed by atoms with Crippen LogP contribution < -0.4 is 0 Å². The van der Waals surface area contributed by atoms with Crippen LogP contribution in [0, 0.1) is 5.92 Å². The standard InChI is InChI=1S/C5H10BNO3/c1-10-6-7-2-4(3-7)5(8)9/h4,6H,2-3H2,1H3,(H,8,9). The molecule has 56 valence electrons. The van der Waals surface area contributed by atoms with Crippen molar-refractivity contribution in [1.82, 2.24) is 4.81 Å². The van der Waals surface area contributed by atoms with E-state index in [4.69, 9.17) is 9.76 Å². The van der Waals surface area contributed by atoms with E-state index in [0.29, 0.717) is 20.7 Å². The van der Waals surface area contributed by atoms with Gasteiger partial charge >= 0.3 is 13.6 Å². The van der Waals surface area contributed by atoms with Gasteiger partial charge in [0.1, 0.15) is 0 Å². The van der Waals surface area contributed by atoms with Crippen molar-refractivity contribution >= 4 is 13.6 Å². The van der Waals surface area contributed by atoms with Crippen LogP contribution >= 0.6 is 0 Å².